The second-order valence-corrected chi connectivity index (χ2v) is 6.02. The number of methoxy groups -OCH3 is 1. The van der Waals surface area contributed by atoms with Crippen LogP contribution in [0.4, 0.5) is 0 Å². The standard InChI is InChI=1S/C10H9NO4S2/c1-15-8-2-4-9(5-3-8)17(13,14)11-10(12)6-7-16-11/h2-7H,1H3. The molecule has 1 heterocycles. The van der Waals surface area contributed by atoms with E-state index in [0.29, 0.717) is 5.75 Å². The fraction of sp³-hybridized carbons (Fsp3) is 0.100. The molecule has 0 unspecified atom stereocenters. The molecule has 0 N–H and O–H groups in total. The number of ether oxygens (including phenoxy) is 1. The van der Waals surface area contributed by atoms with Gasteiger partial charge in [0.1, 0.15) is 5.75 Å². The van der Waals surface area contributed by atoms with Gasteiger partial charge >= 0.3 is 0 Å². The smallest absolute Gasteiger partial charge is 0.279 e. The molecular weight excluding hydrogens is 262 g/mol. The minimum absolute atomic E-state index is 0.0582. The molecule has 7 heteroatoms. The molecule has 0 atom stereocenters. The Labute approximate surface area is 102 Å². The van der Waals surface area contributed by atoms with Gasteiger partial charge < -0.3 is 4.74 Å². The Balaban J connectivity index is 2.52. The van der Waals surface area contributed by atoms with Gasteiger partial charge in [0.2, 0.25) is 0 Å². The van der Waals surface area contributed by atoms with Crippen LogP contribution in [0.5, 0.6) is 5.75 Å². The number of nitrogens with zero attached hydrogens (tertiary/aromatic N) is 1. The van der Waals surface area contributed by atoms with Crippen LogP contribution >= 0.6 is 11.5 Å². The van der Waals surface area contributed by atoms with E-state index in [0.717, 1.165) is 14.9 Å². The largest absolute Gasteiger partial charge is 0.497 e. The molecular formula is C10H9NO4S2. The van der Waals surface area contributed by atoms with Gasteiger partial charge in [-0.1, -0.05) is 0 Å². The Bertz CT molecular complexity index is 667. The van der Waals surface area contributed by atoms with Gasteiger partial charge in [-0.15, -0.1) is 0 Å². The van der Waals surface area contributed by atoms with Crippen molar-refractivity contribution in [2.24, 2.45) is 0 Å². The van der Waals surface area contributed by atoms with E-state index in [4.69, 9.17) is 4.74 Å². The van der Waals surface area contributed by atoms with Crippen molar-refractivity contribution in [3.63, 3.8) is 0 Å². The van der Waals surface area contributed by atoms with Crippen LogP contribution in [0.3, 0.4) is 0 Å². The van der Waals surface area contributed by atoms with E-state index in [1.807, 2.05) is 0 Å². The highest BCUT2D eigenvalue weighted by Gasteiger charge is 2.19. The van der Waals surface area contributed by atoms with Crippen LogP contribution in [-0.2, 0) is 10.0 Å². The van der Waals surface area contributed by atoms with Crippen LogP contribution in [0.1, 0.15) is 0 Å². The summed E-state index contributed by atoms with van der Waals surface area (Å²) < 4.78 is 29.8. The molecule has 17 heavy (non-hydrogen) atoms. The summed E-state index contributed by atoms with van der Waals surface area (Å²) in [6, 6.07) is 7.09. The second-order valence-electron chi connectivity index (χ2n) is 3.15. The predicted octanol–water partition coefficient (Wildman–Crippen LogP) is 1.16. The van der Waals surface area contributed by atoms with Gasteiger partial charge in [0.05, 0.1) is 12.0 Å². The molecule has 0 saturated carbocycles. The summed E-state index contributed by atoms with van der Waals surface area (Å²) in [5.74, 6) is 0.558. The molecule has 90 valence electrons. The third kappa shape index (κ3) is 2.11. The quantitative estimate of drug-likeness (QED) is 0.840. The Kier molecular flexibility index (Phi) is 3.03. The monoisotopic (exact) mass is 271 g/mol. The molecule has 0 saturated heterocycles. The zero-order valence-corrected chi connectivity index (χ0v) is 10.5. The third-order valence-corrected chi connectivity index (χ3v) is 5.08. The molecule has 1 aromatic carbocycles. The Hall–Kier alpha value is -1.60. The average molecular weight is 271 g/mol. The van der Waals surface area contributed by atoms with E-state index >= 15 is 0 Å². The lowest BCUT2D eigenvalue weighted by molar-refractivity contribution is 0.414. The van der Waals surface area contributed by atoms with Crippen molar-refractivity contribution in [2.45, 2.75) is 4.90 Å². The lowest BCUT2D eigenvalue weighted by Gasteiger charge is -2.04. The molecule has 0 bridgehead atoms. The zero-order chi connectivity index (χ0) is 12.5. The normalized spacial score (nSPS) is 11.4. The lowest BCUT2D eigenvalue weighted by Crippen LogP contribution is -2.21. The summed E-state index contributed by atoms with van der Waals surface area (Å²) in [4.78, 5) is 11.4. The summed E-state index contributed by atoms with van der Waals surface area (Å²) >= 11 is 0.846. The van der Waals surface area contributed by atoms with Gasteiger partial charge in [0, 0.05) is 11.4 Å². The van der Waals surface area contributed by atoms with E-state index in [9.17, 15) is 13.2 Å². The maximum Gasteiger partial charge on any atom is 0.279 e. The van der Waals surface area contributed by atoms with Crippen molar-refractivity contribution in [2.75, 3.05) is 7.11 Å². The van der Waals surface area contributed by atoms with E-state index in [1.165, 1.54) is 42.8 Å². The van der Waals surface area contributed by atoms with Crippen molar-refractivity contribution in [1.29, 1.82) is 0 Å². The first kappa shape index (κ1) is 11.9. The first-order chi connectivity index (χ1) is 8.05. The van der Waals surface area contributed by atoms with Gasteiger partial charge in [-0.2, -0.15) is 11.8 Å². The number of benzene rings is 1. The van der Waals surface area contributed by atoms with Crippen LogP contribution in [0, 0.1) is 0 Å². The van der Waals surface area contributed by atoms with Crippen LogP contribution in [-0.4, -0.2) is 18.9 Å². The van der Waals surface area contributed by atoms with Crippen molar-refractivity contribution in [1.82, 2.24) is 3.36 Å². The number of rotatable bonds is 3. The van der Waals surface area contributed by atoms with Gasteiger partial charge in [-0.05, 0) is 35.8 Å². The fourth-order valence-electron chi connectivity index (χ4n) is 1.28. The lowest BCUT2D eigenvalue weighted by atomic mass is 10.3. The van der Waals surface area contributed by atoms with Gasteiger partial charge in [-0.3, -0.25) is 4.79 Å². The first-order valence-electron chi connectivity index (χ1n) is 4.62. The Morgan fingerprint density at radius 2 is 1.82 bits per heavy atom. The molecule has 0 spiro atoms. The maximum absolute atomic E-state index is 12.0. The molecule has 0 aliphatic heterocycles. The third-order valence-electron chi connectivity index (χ3n) is 2.12. The topological polar surface area (TPSA) is 65.4 Å². The maximum atomic E-state index is 12.0. The summed E-state index contributed by atoms with van der Waals surface area (Å²) in [5, 5.41) is 1.43. The van der Waals surface area contributed by atoms with Crippen LogP contribution in [0.25, 0.3) is 0 Å². The average Bonchev–Trinajstić information content (AvgIpc) is 2.76. The highest BCUT2D eigenvalue weighted by molar-refractivity contribution is 7.91. The highest BCUT2D eigenvalue weighted by Crippen LogP contribution is 2.18. The van der Waals surface area contributed by atoms with Crippen molar-refractivity contribution >= 4 is 21.6 Å². The van der Waals surface area contributed by atoms with Crippen molar-refractivity contribution in [3.8, 4) is 5.75 Å². The van der Waals surface area contributed by atoms with E-state index in [1.54, 1.807) is 0 Å². The second kappa shape index (κ2) is 4.34. The predicted molar refractivity (Wildman–Crippen MR) is 64.2 cm³/mol. The molecule has 0 radical (unpaired) electrons. The fourth-order valence-corrected chi connectivity index (χ4v) is 3.56. The van der Waals surface area contributed by atoms with Crippen molar-refractivity contribution in [3.05, 3.63) is 46.1 Å². The molecule has 0 aliphatic rings. The van der Waals surface area contributed by atoms with Gasteiger partial charge in [0.15, 0.2) is 0 Å². The van der Waals surface area contributed by atoms with Gasteiger partial charge in [-0.25, -0.2) is 0 Å². The summed E-state index contributed by atoms with van der Waals surface area (Å²) in [6.07, 6.45) is 0. The Morgan fingerprint density at radius 3 is 2.29 bits per heavy atom. The first-order valence-corrected chi connectivity index (χ1v) is 6.90. The summed E-state index contributed by atoms with van der Waals surface area (Å²) in [6.45, 7) is 0. The van der Waals surface area contributed by atoms with Gasteiger partial charge in [0.25, 0.3) is 15.6 Å². The molecule has 0 fully saturated rings. The van der Waals surface area contributed by atoms with Crippen LogP contribution in [0.2, 0.25) is 0 Å². The molecule has 0 amide bonds. The highest BCUT2D eigenvalue weighted by atomic mass is 32.3. The van der Waals surface area contributed by atoms with E-state index in [2.05, 4.69) is 0 Å². The van der Waals surface area contributed by atoms with Crippen molar-refractivity contribution < 1.29 is 13.2 Å². The Morgan fingerprint density at radius 1 is 1.18 bits per heavy atom. The molecule has 2 rings (SSSR count). The summed E-state index contributed by atoms with van der Waals surface area (Å²) in [5.41, 5.74) is -0.550. The molecule has 2 aromatic rings. The zero-order valence-electron chi connectivity index (χ0n) is 8.86. The van der Waals surface area contributed by atoms with Crippen LogP contribution < -0.4 is 10.3 Å². The molecule has 1 aromatic heterocycles. The minimum atomic E-state index is -3.78. The van der Waals surface area contributed by atoms with Crippen LogP contribution in [0.15, 0.2) is 45.4 Å². The summed E-state index contributed by atoms with van der Waals surface area (Å²) in [7, 11) is -2.29. The number of hydrogen-bond acceptors (Lipinski definition) is 5. The SMILES string of the molecule is COc1ccc(S(=O)(=O)n2sccc2=O)cc1. The van der Waals surface area contributed by atoms with E-state index in [-0.39, 0.29) is 4.90 Å². The minimum Gasteiger partial charge on any atom is -0.497 e. The molecule has 5 nitrogen and oxygen atoms in total. The number of hydrogen-bond donors (Lipinski definition) is 0. The van der Waals surface area contributed by atoms with E-state index < -0.39 is 15.6 Å². The number of aromatic nitrogens is 1. The molecule has 0 aliphatic carbocycles.